The van der Waals surface area contributed by atoms with Gasteiger partial charge in [0.25, 0.3) is 0 Å². The van der Waals surface area contributed by atoms with Gasteiger partial charge in [-0.05, 0) is 43.0 Å². The molecule has 0 spiro atoms. The van der Waals surface area contributed by atoms with E-state index in [0.29, 0.717) is 24.8 Å². The summed E-state index contributed by atoms with van der Waals surface area (Å²) in [6.45, 7) is 0.988. The van der Waals surface area contributed by atoms with E-state index >= 15 is 0 Å². The quantitative estimate of drug-likeness (QED) is 0.679. The molecule has 25 heavy (non-hydrogen) atoms. The number of benzene rings is 1. The van der Waals surface area contributed by atoms with Crippen molar-refractivity contribution < 1.29 is 12.8 Å². The topological polar surface area (TPSA) is 84.2 Å². The van der Waals surface area contributed by atoms with Gasteiger partial charge >= 0.3 is 0 Å². The second kappa shape index (κ2) is 6.50. The van der Waals surface area contributed by atoms with E-state index in [4.69, 9.17) is 4.42 Å². The maximum Gasteiger partial charge on any atom is 0.242 e. The fourth-order valence-corrected chi connectivity index (χ4v) is 3.64. The Morgan fingerprint density at radius 2 is 2.00 bits per heavy atom. The van der Waals surface area contributed by atoms with E-state index in [-0.39, 0.29) is 4.90 Å². The van der Waals surface area contributed by atoms with Gasteiger partial charge in [-0.25, -0.2) is 18.1 Å². The molecular weight excluding hydrogens is 338 g/mol. The highest BCUT2D eigenvalue weighted by molar-refractivity contribution is 7.89. The van der Waals surface area contributed by atoms with E-state index in [1.807, 2.05) is 30.3 Å². The van der Waals surface area contributed by atoms with Crippen LogP contribution in [0.25, 0.3) is 11.0 Å². The maximum atomic E-state index is 12.2. The first-order valence-corrected chi connectivity index (χ1v) is 9.75. The standard InChI is InChI=1S/C18H19N3O3S/c22-25(23,21-10-13-5-6-13)16-7-8-18(20-12-16)19-11-15-9-14-3-1-2-4-17(14)24-15/h1-4,7-9,12-13,21H,5-6,10-11H2,(H,19,20). The van der Waals surface area contributed by atoms with Crippen LogP contribution in [0.3, 0.4) is 0 Å². The van der Waals surface area contributed by atoms with Crippen molar-refractivity contribution in [3.05, 3.63) is 54.4 Å². The summed E-state index contributed by atoms with van der Waals surface area (Å²) in [7, 11) is -3.48. The first-order valence-electron chi connectivity index (χ1n) is 8.27. The number of para-hydroxylation sites is 1. The van der Waals surface area contributed by atoms with E-state index in [2.05, 4.69) is 15.0 Å². The molecule has 1 aliphatic rings. The molecule has 0 unspecified atom stereocenters. The van der Waals surface area contributed by atoms with Gasteiger partial charge < -0.3 is 9.73 Å². The third-order valence-electron chi connectivity index (χ3n) is 4.23. The average Bonchev–Trinajstić information content (AvgIpc) is 3.36. The molecule has 2 N–H and O–H groups in total. The molecule has 1 aliphatic carbocycles. The molecule has 1 fully saturated rings. The largest absolute Gasteiger partial charge is 0.459 e. The Balaban J connectivity index is 1.39. The molecule has 130 valence electrons. The number of pyridine rings is 1. The lowest BCUT2D eigenvalue weighted by Gasteiger charge is -2.07. The second-order valence-electron chi connectivity index (χ2n) is 6.28. The van der Waals surface area contributed by atoms with Crippen molar-refractivity contribution >= 4 is 26.8 Å². The van der Waals surface area contributed by atoms with Crippen LogP contribution in [0.2, 0.25) is 0 Å². The summed E-state index contributed by atoms with van der Waals surface area (Å²) in [5.41, 5.74) is 0.843. The number of fused-ring (bicyclic) bond motifs is 1. The smallest absolute Gasteiger partial charge is 0.242 e. The Morgan fingerprint density at radius 1 is 1.16 bits per heavy atom. The van der Waals surface area contributed by atoms with Crippen molar-refractivity contribution in [1.29, 1.82) is 0 Å². The summed E-state index contributed by atoms with van der Waals surface area (Å²) in [5.74, 6) is 1.89. The molecule has 0 amide bonds. The van der Waals surface area contributed by atoms with Crippen LogP contribution in [0.4, 0.5) is 5.82 Å². The lowest BCUT2D eigenvalue weighted by molar-refractivity contribution is 0.559. The van der Waals surface area contributed by atoms with E-state index < -0.39 is 10.0 Å². The molecule has 0 saturated heterocycles. The zero-order valence-corrected chi connectivity index (χ0v) is 14.4. The molecule has 2 aromatic heterocycles. The van der Waals surface area contributed by atoms with Crippen molar-refractivity contribution in [1.82, 2.24) is 9.71 Å². The summed E-state index contributed by atoms with van der Waals surface area (Å²) >= 11 is 0. The Labute approximate surface area is 146 Å². The van der Waals surface area contributed by atoms with Crippen LogP contribution in [-0.4, -0.2) is 19.9 Å². The molecule has 0 aliphatic heterocycles. The van der Waals surface area contributed by atoms with Gasteiger partial charge in [0, 0.05) is 18.1 Å². The van der Waals surface area contributed by atoms with Gasteiger partial charge in [0.05, 0.1) is 6.54 Å². The summed E-state index contributed by atoms with van der Waals surface area (Å²) in [5, 5.41) is 4.19. The number of hydrogen-bond acceptors (Lipinski definition) is 5. The predicted octanol–water partition coefficient (Wildman–Crippen LogP) is 3.13. The lowest BCUT2D eigenvalue weighted by Crippen LogP contribution is -2.25. The normalized spacial score (nSPS) is 14.7. The molecule has 6 nitrogen and oxygen atoms in total. The monoisotopic (exact) mass is 357 g/mol. The van der Waals surface area contributed by atoms with Crippen LogP contribution in [0, 0.1) is 5.92 Å². The highest BCUT2D eigenvalue weighted by Crippen LogP contribution is 2.28. The molecule has 4 rings (SSSR count). The zero-order chi connectivity index (χ0) is 17.3. The van der Waals surface area contributed by atoms with Gasteiger partial charge in [-0.3, -0.25) is 0 Å². The molecule has 0 bridgehead atoms. The van der Waals surface area contributed by atoms with Crippen molar-refractivity contribution in [3.8, 4) is 0 Å². The molecular formula is C18H19N3O3S. The average molecular weight is 357 g/mol. The molecule has 2 heterocycles. The first-order chi connectivity index (χ1) is 12.1. The minimum Gasteiger partial charge on any atom is -0.459 e. The van der Waals surface area contributed by atoms with Gasteiger partial charge in [-0.15, -0.1) is 0 Å². The van der Waals surface area contributed by atoms with E-state index in [1.54, 1.807) is 12.1 Å². The van der Waals surface area contributed by atoms with Gasteiger partial charge in [0.1, 0.15) is 22.1 Å². The molecule has 3 aromatic rings. The van der Waals surface area contributed by atoms with Crippen molar-refractivity contribution in [2.75, 3.05) is 11.9 Å². The number of hydrogen-bond donors (Lipinski definition) is 2. The number of nitrogens with one attached hydrogen (secondary N) is 2. The Bertz CT molecular complexity index is 943. The van der Waals surface area contributed by atoms with Gasteiger partial charge in [-0.2, -0.15) is 0 Å². The van der Waals surface area contributed by atoms with Crippen molar-refractivity contribution in [2.24, 2.45) is 5.92 Å². The Morgan fingerprint density at radius 3 is 2.72 bits per heavy atom. The summed E-state index contributed by atoms with van der Waals surface area (Å²) in [6, 6.07) is 13.0. The second-order valence-corrected chi connectivity index (χ2v) is 8.05. The number of rotatable bonds is 7. The van der Waals surface area contributed by atoms with Gasteiger partial charge in [-0.1, -0.05) is 18.2 Å². The molecule has 1 saturated carbocycles. The van der Waals surface area contributed by atoms with Crippen LogP contribution in [0.1, 0.15) is 18.6 Å². The zero-order valence-electron chi connectivity index (χ0n) is 13.6. The lowest BCUT2D eigenvalue weighted by atomic mass is 10.2. The minimum atomic E-state index is -3.48. The molecule has 7 heteroatoms. The number of furan rings is 1. The third kappa shape index (κ3) is 3.83. The van der Waals surface area contributed by atoms with Gasteiger partial charge in [0.2, 0.25) is 10.0 Å². The highest BCUT2D eigenvalue weighted by atomic mass is 32.2. The Kier molecular flexibility index (Phi) is 4.19. The van der Waals surface area contributed by atoms with Crippen LogP contribution in [0.5, 0.6) is 0 Å². The summed E-state index contributed by atoms with van der Waals surface area (Å²) in [4.78, 5) is 4.37. The van der Waals surface area contributed by atoms with Crippen molar-refractivity contribution in [2.45, 2.75) is 24.3 Å². The number of aromatic nitrogens is 1. The number of sulfonamides is 1. The van der Waals surface area contributed by atoms with Crippen LogP contribution >= 0.6 is 0 Å². The van der Waals surface area contributed by atoms with E-state index in [9.17, 15) is 8.42 Å². The maximum absolute atomic E-state index is 12.2. The minimum absolute atomic E-state index is 0.183. The van der Waals surface area contributed by atoms with Crippen LogP contribution < -0.4 is 10.0 Å². The molecule has 0 atom stereocenters. The van der Waals surface area contributed by atoms with E-state index in [1.165, 1.54) is 6.20 Å². The van der Waals surface area contributed by atoms with Gasteiger partial charge in [0.15, 0.2) is 0 Å². The third-order valence-corrected chi connectivity index (χ3v) is 5.63. The van der Waals surface area contributed by atoms with Crippen LogP contribution in [0.15, 0.2) is 58.0 Å². The summed E-state index contributed by atoms with van der Waals surface area (Å²) < 4.78 is 32.7. The van der Waals surface area contributed by atoms with Crippen molar-refractivity contribution in [3.63, 3.8) is 0 Å². The molecule has 0 radical (unpaired) electrons. The molecule has 1 aromatic carbocycles. The highest BCUT2D eigenvalue weighted by Gasteiger charge is 2.24. The number of nitrogens with zero attached hydrogens (tertiary/aromatic N) is 1. The fourth-order valence-electron chi connectivity index (χ4n) is 2.58. The van der Waals surface area contributed by atoms with Crippen LogP contribution in [-0.2, 0) is 16.6 Å². The fraction of sp³-hybridized carbons (Fsp3) is 0.278. The Hall–Kier alpha value is -2.38. The predicted molar refractivity (Wildman–Crippen MR) is 95.7 cm³/mol. The summed E-state index contributed by atoms with van der Waals surface area (Å²) in [6.07, 6.45) is 3.58. The number of anilines is 1. The van der Waals surface area contributed by atoms with E-state index in [0.717, 1.165) is 29.6 Å². The first kappa shape index (κ1) is 16.1. The SMILES string of the molecule is O=S(=O)(NCC1CC1)c1ccc(NCc2cc3ccccc3o2)nc1.